The molecule has 18 heavy (non-hydrogen) atoms. The van der Waals surface area contributed by atoms with Crippen LogP contribution in [-0.4, -0.2) is 19.2 Å². The normalized spacial score (nSPS) is 9.61. The van der Waals surface area contributed by atoms with Gasteiger partial charge in [0.05, 0.1) is 25.9 Å². The molecule has 1 aromatic heterocycles. The molecule has 0 aliphatic heterocycles. The number of hydrogen-bond acceptors (Lipinski definition) is 4. The van der Waals surface area contributed by atoms with Crippen LogP contribution in [0, 0.1) is 11.3 Å². The van der Waals surface area contributed by atoms with Crippen molar-refractivity contribution in [1.29, 1.82) is 5.26 Å². The zero-order valence-electron chi connectivity index (χ0n) is 10.2. The van der Waals surface area contributed by atoms with E-state index in [-0.39, 0.29) is 0 Å². The molecule has 0 unspecified atom stereocenters. The quantitative estimate of drug-likeness (QED) is 0.827. The number of benzene rings is 1. The summed E-state index contributed by atoms with van der Waals surface area (Å²) in [5, 5.41) is 9.15. The molecule has 2 rings (SSSR count). The number of methoxy groups -OCH3 is 2. The van der Waals surface area contributed by atoms with Crippen molar-refractivity contribution in [2.24, 2.45) is 0 Å². The van der Waals surface area contributed by atoms with Crippen LogP contribution in [0.1, 0.15) is 5.56 Å². The number of hydrogen-bond donors (Lipinski definition) is 0. The number of nitrogens with zero attached hydrogens (tertiary/aromatic N) is 2. The second kappa shape index (κ2) is 5.19. The first kappa shape index (κ1) is 11.9. The summed E-state index contributed by atoms with van der Waals surface area (Å²) in [4.78, 5) is 4.13. The lowest BCUT2D eigenvalue weighted by atomic mass is 10.0. The van der Waals surface area contributed by atoms with Crippen LogP contribution in [0.3, 0.4) is 0 Å². The maximum absolute atomic E-state index is 9.15. The predicted octanol–water partition coefficient (Wildman–Crippen LogP) is 2.64. The van der Waals surface area contributed by atoms with E-state index in [1.54, 1.807) is 44.7 Å². The molecule has 0 aliphatic rings. The first-order valence-electron chi connectivity index (χ1n) is 5.37. The van der Waals surface area contributed by atoms with Crippen LogP contribution in [-0.2, 0) is 0 Å². The Bertz CT molecular complexity index is 603. The van der Waals surface area contributed by atoms with Crippen LogP contribution in [0.15, 0.2) is 36.5 Å². The molecule has 4 heteroatoms. The molecule has 0 fully saturated rings. The van der Waals surface area contributed by atoms with E-state index in [0.717, 1.165) is 11.1 Å². The SMILES string of the molecule is COc1ccc(C#N)c(-c2cccnc2OC)c1. The van der Waals surface area contributed by atoms with Crippen LogP contribution >= 0.6 is 0 Å². The van der Waals surface area contributed by atoms with Gasteiger partial charge in [0, 0.05) is 17.3 Å². The molecule has 2 aromatic rings. The Morgan fingerprint density at radius 1 is 1.11 bits per heavy atom. The summed E-state index contributed by atoms with van der Waals surface area (Å²) in [5.74, 6) is 1.18. The number of pyridine rings is 1. The van der Waals surface area contributed by atoms with Gasteiger partial charge in [-0.05, 0) is 30.3 Å². The Kier molecular flexibility index (Phi) is 3.44. The van der Waals surface area contributed by atoms with Crippen LogP contribution in [0.4, 0.5) is 0 Å². The van der Waals surface area contributed by atoms with Gasteiger partial charge in [0.25, 0.3) is 0 Å². The van der Waals surface area contributed by atoms with E-state index in [1.807, 2.05) is 6.07 Å². The third-order valence-corrected chi connectivity index (χ3v) is 2.60. The fourth-order valence-corrected chi connectivity index (χ4v) is 1.73. The molecular weight excluding hydrogens is 228 g/mol. The molecule has 0 atom stereocenters. The molecule has 1 aromatic carbocycles. The minimum absolute atomic E-state index is 0.488. The van der Waals surface area contributed by atoms with Gasteiger partial charge in [-0.15, -0.1) is 0 Å². The van der Waals surface area contributed by atoms with Gasteiger partial charge >= 0.3 is 0 Å². The average Bonchev–Trinajstić information content (AvgIpc) is 2.46. The number of ether oxygens (including phenoxy) is 2. The summed E-state index contributed by atoms with van der Waals surface area (Å²) in [6.45, 7) is 0. The Morgan fingerprint density at radius 2 is 1.94 bits per heavy atom. The van der Waals surface area contributed by atoms with Gasteiger partial charge in [0.2, 0.25) is 5.88 Å². The summed E-state index contributed by atoms with van der Waals surface area (Å²) in [6, 6.07) is 11.1. The zero-order valence-corrected chi connectivity index (χ0v) is 10.2. The smallest absolute Gasteiger partial charge is 0.221 e. The molecule has 1 heterocycles. The van der Waals surface area contributed by atoms with Crippen LogP contribution in [0.2, 0.25) is 0 Å². The largest absolute Gasteiger partial charge is 0.497 e. The summed E-state index contributed by atoms with van der Waals surface area (Å²) >= 11 is 0. The van der Waals surface area contributed by atoms with E-state index in [2.05, 4.69) is 11.1 Å². The summed E-state index contributed by atoms with van der Waals surface area (Å²) in [7, 11) is 3.14. The molecule has 0 amide bonds. The van der Waals surface area contributed by atoms with Gasteiger partial charge in [-0.2, -0.15) is 5.26 Å². The Morgan fingerprint density at radius 3 is 2.61 bits per heavy atom. The monoisotopic (exact) mass is 240 g/mol. The van der Waals surface area contributed by atoms with Gasteiger partial charge < -0.3 is 9.47 Å². The molecule has 0 saturated carbocycles. The highest BCUT2D eigenvalue weighted by Gasteiger charge is 2.12. The van der Waals surface area contributed by atoms with E-state index < -0.39 is 0 Å². The van der Waals surface area contributed by atoms with Crippen molar-refractivity contribution in [3.63, 3.8) is 0 Å². The standard InChI is InChI=1S/C14H12N2O2/c1-17-11-6-5-10(9-15)13(8-11)12-4-3-7-16-14(12)18-2/h3-8H,1-2H3. The lowest BCUT2D eigenvalue weighted by Gasteiger charge is -2.10. The van der Waals surface area contributed by atoms with Gasteiger partial charge in [-0.3, -0.25) is 0 Å². The Balaban J connectivity index is 2.65. The zero-order chi connectivity index (χ0) is 13.0. The molecule has 4 nitrogen and oxygen atoms in total. The summed E-state index contributed by atoms with van der Waals surface area (Å²) in [5.41, 5.74) is 2.08. The highest BCUT2D eigenvalue weighted by atomic mass is 16.5. The van der Waals surface area contributed by atoms with Crippen LogP contribution < -0.4 is 9.47 Å². The van der Waals surface area contributed by atoms with E-state index >= 15 is 0 Å². The summed E-state index contributed by atoms with van der Waals surface area (Å²) < 4.78 is 10.4. The van der Waals surface area contributed by atoms with E-state index in [9.17, 15) is 0 Å². The second-order valence-corrected chi connectivity index (χ2v) is 3.58. The maximum Gasteiger partial charge on any atom is 0.221 e. The second-order valence-electron chi connectivity index (χ2n) is 3.58. The van der Waals surface area contributed by atoms with Crippen LogP contribution in [0.5, 0.6) is 11.6 Å². The van der Waals surface area contributed by atoms with Crippen molar-refractivity contribution in [2.75, 3.05) is 14.2 Å². The van der Waals surface area contributed by atoms with E-state index in [0.29, 0.717) is 17.2 Å². The highest BCUT2D eigenvalue weighted by Crippen LogP contribution is 2.32. The fourth-order valence-electron chi connectivity index (χ4n) is 1.73. The number of rotatable bonds is 3. The first-order valence-corrected chi connectivity index (χ1v) is 5.37. The molecule has 0 saturated heterocycles. The lowest BCUT2D eigenvalue weighted by molar-refractivity contribution is 0.399. The van der Waals surface area contributed by atoms with Crippen LogP contribution in [0.25, 0.3) is 11.1 Å². The van der Waals surface area contributed by atoms with Crippen molar-refractivity contribution >= 4 is 0 Å². The molecule has 0 radical (unpaired) electrons. The molecule has 0 N–H and O–H groups in total. The summed E-state index contributed by atoms with van der Waals surface area (Å²) in [6.07, 6.45) is 1.65. The number of nitriles is 1. The minimum Gasteiger partial charge on any atom is -0.497 e. The Labute approximate surface area is 105 Å². The predicted molar refractivity (Wildman–Crippen MR) is 67.5 cm³/mol. The van der Waals surface area contributed by atoms with Gasteiger partial charge in [0.15, 0.2) is 0 Å². The van der Waals surface area contributed by atoms with Crippen molar-refractivity contribution in [2.45, 2.75) is 0 Å². The minimum atomic E-state index is 0.488. The molecular formula is C14H12N2O2. The van der Waals surface area contributed by atoms with Crippen molar-refractivity contribution in [3.05, 3.63) is 42.1 Å². The van der Waals surface area contributed by atoms with Gasteiger partial charge in [-0.25, -0.2) is 4.98 Å². The fraction of sp³-hybridized carbons (Fsp3) is 0.143. The molecule has 90 valence electrons. The highest BCUT2D eigenvalue weighted by molar-refractivity contribution is 5.75. The molecule has 0 bridgehead atoms. The number of aromatic nitrogens is 1. The maximum atomic E-state index is 9.15. The first-order chi connectivity index (χ1) is 8.80. The van der Waals surface area contributed by atoms with Gasteiger partial charge in [0.1, 0.15) is 5.75 Å². The van der Waals surface area contributed by atoms with Gasteiger partial charge in [-0.1, -0.05) is 0 Å². The third kappa shape index (κ3) is 2.11. The van der Waals surface area contributed by atoms with E-state index in [4.69, 9.17) is 14.7 Å². The van der Waals surface area contributed by atoms with Crippen molar-refractivity contribution < 1.29 is 9.47 Å². The third-order valence-electron chi connectivity index (χ3n) is 2.60. The molecule has 0 spiro atoms. The Hall–Kier alpha value is -2.54. The van der Waals surface area contributed by atoms with Crippen molar-refractivity contribution in [1.82, 2.24) is 4.98 Å². The average molecular weight is 240 g/mol. The van der Waals surface area contributed by atoms with E-state index in [1.165, 1.54) is 0 Å². The topological polar surface area (TPSA) is 55.1 Å². The molecule has 0 aliphatic carbocycles. The lowest BCUT2D eigenvalue weighted by Crippen LogP contribution is -1.93. The van der Waals surface area contributed by atoms with Crippen molar-refractivity contribution in [3.8, 4) is 28.8 Å².